The first-order valence-electron chi connectivity index (χ1n) is 8.52. The lowest BCUT2D eigenvalue weighted by Gasteiger charge is -2.05. The molecule has 1 N–H and O–H groups in total. The van der Waals surface area contributed by atoms with Gasteiger partial charge < -0.3 is 4.57 Å². The lowest BCUT2D eigenvalue weighted by atomic mass is 9.97. The highest BCUT2D eigenvalue weighted by Gasteiger charge is 2.42. The molecule has 0 radical (unpaired) electrons. The molecule has 0 spiro atoms. The van der Waals surface area contributed by atoms with Crippen LogP contribution in [0.2, 0.25) is 0 Å². The molecular formula is C20H17N3O3. The van der Waals surface area contributed by atoms with E-state index in [1.54, 1.807) is 18.5 Å². The number of hydrogen-bond donors (Lipinski definition) is 1. The summed E-state index contributed by atoms with van der Waals surface area (Å²) in [5.41, 5.74) is 2.52. The molecule has 1 aromatic carbocycles. The number of nitrogens with one attached hydrogen (secondary N) is 1. The number of aromatic nitrogens is 2. The van der Waals surface area contributed by atoms with Crippen molar-refractivity contribution in [1.82, 2.24) is 14.9 Å². The van der Waals surface area contributed by atoms with Crippen LogP contribution in [0.3, 0.4) is 0 Å². The summed E-state index contributed by atoms with van der Waals surface area (Å²) in [6.45, 7) is 0.707. The van der Waals surface area contributed by atoms with Crippen molar-refractivity contribution in [3.05, 3.63) is 66.0 Å². The van der Waals surface area contributed by atoms with Gasteiger partial charge in [-0.05, 0) is 36.1 Å². The topological polar surface area (TPSA) is 81.1 Å². The third-order valence-electron chi connectivity index (χ3n) is 4.67. The molecule has 6 heteroatoms. The fourth-order valence-corrected chi connectivity index (χ4v) is 3.43. The van der Waals surface area contributed by atoms with Crippen LogP contribution in [-0.2, 0) is 27.3 Å². The zero-order valence-electron chi connectivity index (χ0n) is 14.0. The second-order valence-corrected chi connectivity index (χ2v) is 6.36. The Bertz CT molecular complexity index is 1010. The van der Waals surface area contributed by atoms with Crippen LogP contribution in [0.15, 0.2) is 54.9 Å². The lowest BCUT2D eigenvalue weighted by molar-refractivity contribution is -0.135. The molecule has 1 aliphatic heterocycles. The molecule has 1 fully saturated rings. The number of hydrogen-bond acceptors (Lipinski definition) is 4. The van der Waals surface area contributed by atoms with Gasteiger partial charge in [0.2, 0.25) is 11.7 Å². The summed E-state index contributed by atoms with van der Waals surface area (Å²) in [7, 11) is 0. The smallest absolute Gasteiger partial charge is 0.295 e. The number of rotatable bonds is 5. The van der Waals surface area contributed by atoms with Crippen molar-refractivity contribution in [2.24, 2.45) is 0 Å². The first-order valence-corrected chi connectivity index (χ1v) is 8.52. The van der Waals surface area contributed by atoms with Crippen LogP contribution >= 0.6 is 0 Å². The quantitative estimate of drug-likeness (QED) is 0.435. The van der Waals surface area contributed by atoms with Gasteiger partial charge in [0.05, 0.1) is 0 Å². The number of benzene rings is 1. The Morgan fingerprint density at radius 1 is 1.04 bits per heavy atom. The van der Waals surface area contributed by atoms with Crippen LogP contribution in [0, 0.1) is 0 Å². The van der Waals surface area contributed by atoms with Crippen LogP contribution in [0.5, 0.6) is 0 Å². The number of pyridine rings is 1. The third kappa shape index (κ3) is 2.79. The number of fused-ring (bicyclic) bond motifs is 1. The summed E-state index contributed by atoms with van der Waals surface area (Å²) in [6.07, 6.45) is 5.28. The van der Waals surface area contributed by atoms with Gasteiger partial charge >= 0.3 is 0 Å². The molecule has 26 heavy (non-hydrogen) atoms. The SMILES string of the molecule is O=C1NC(=O)C(c2cn(CCCc3ccccc3)c3ncccc23)C1=O. The van der Waals surface area contributed by atoms with Crippen molar-refractivity contribution in [2.75, 3.05) is 0 Å². The van der Waals surface area contributed by atoms with E-state index in [0.29, 0.717) is 12.1 Å². The highest BCUT2D eigenvalue weighted by molar-refractivity contribution is 6.50. The molecule has 4 rings (SSSR count). The molecule has 130 valence electrons. The maximum Gasteiger partial charge on any atom is 0.295 e. The van der Waals surface area contributed by atoms with Crippen molar-refractivity contribution in [3.63, 3.8) is 0 Å². The largest absolute Gasteiger partial charge is 0.332 e. The van der Waals surface area contributed by atoms with Crippen molar-refractivity contribution >= 4 is 28.6 Å². The van der Waals surface area contributed by atoms with E-state index in [-0.39, 0.29) is 0 Å². The van der Waals surface area contributed by atoms with E-state index in [0.717, 1.165) is 23.9 Å². The Hall–Kier alpha value is -3.28. The van der Waals surface area contributed by atoms with E-state index in [4.69, 9.17) is 0 Å². The van der Waals surface area contributed by atoms with Gasteiger partial charge in [0.1, 0.15) is 11.6 Å². The Labute approximate surface area is 149 Å². The Balaban J connectivity index is 1.63. The van der Waals surface area contributed by atoms with Gasteiger partial charge in [0, 0.05) is 24.3 Å². The molecule has 1 aliphatic rings. The first-order chi connectivity index (χ1) is 12.6. The summed E-state index contributed by atoms with van der Waals surface area (Å²) >= 11 is 0. The summed E-state index contributed by atoms with van der Waals surface area (Å²) in [5, 5.41) is 2.83. The van der Waals surface area contributed by atoms with Gasteiger partial charge in [-0.15, -0.1) is 0 Å². The summed E-state index contributed by atoms with van der Waals surface area (Å²) in [5.74, 6) is -3.19. The molecule has 2 aromatic heterocycles. The number of nitrogens with zero attached hydrogens (tertiary/aromatic N) is 2. The molecule has 0 aliphatic carbocycles. The first kappa shape index (κ1) is 16.2. The van der Waals surface area contributed by atoms with Crippen LogP contribution < -0.4 is 5.32 Å². The minimum Gasteiger partial charge on any atom is -0.332 e. The second-order valence-electron chi connectivity index (χ2n) is 6.36. The maximum absolute atomic E-state index is 12.1. The molecule has 1 atom stereocenters. The van der Waals surface area contributed by atoms with Crippen molar-refractivity contribution in [1.29, 1.82) is 0 Å². The van der Waals surface area contributed by atoms with Crippen LogP contribution in [-0.4, -0.2) is 27.1 Å². The zero-order valence-corrected chi connectivity index (χ0v) is 14.0. The van der Waals surface area contributed by atoms with E-state index >= 15 is 0 Å². The number of amides is 2. The molecular weight excluding hydrogens is 330 g/mol. The average molecular weight is 347 g/mol. The van der Waals surface area contributed by atoms with Crippen molar-refractivity contribution in [2.45, 2.75) is 25.3 Å². The fraction of sp³-hybridized carbons (Fsp3) is 0.200. The Morgan fingerprint density at radius 3 is 2.58 bits per heavy atom. The van der Waals surface area contributed by atoms with E-state index < -0.39 is 23.5 Å². The molecule has 6 nitrogen and oxygen atoms in total. The van der Waals surface area contributed by atoms with E-state index in [1.165, 1.54) is 5.56 Å². The van der Waals surface area contributed by atoms with Gasteiger partial charge in [0.25, 0.3) is 5.91 Å². The second kappa shape index (κ2) is 6.55. The van der Waals surface area contributed by atoms with Crippen LogP contribution in [0.25, 0.3) is 11.0 Å². The monoisotopic (exact) mass is 347 g/mol. The van der Waals surface area contributed by atoms with Crippen LogP contribution in [0.4, 0.5) is 0 Å². The standard InChI is InChI=1S/C20H17N3O3/c24-17-16(19(25)22-20(17)26)15-12-23(18-14(15)9-4-10-21-18)11-5-8-13-6-2-1-3-7-13/h1-4,6-7,9-10,12,16H,5,8,11H2,(H,22,25,26). The Morgan fingerprint density at radius 2 is 1.85 bits per heavy atom. The van der Waals surface area contributed by atoms with Gasteiger partial charge in [-0.2, -0.15) is 0 Å². The minimum absolute atomic E-state index is 0.543. The predicted octanol–water partition coefficient (Wildman–Crippen LogP) is 1.98. The highest BCUT2D eigenvalue weighted by atomic mass is 16.2. The summed E-state index contributed by atoms with van der Waals surface area (Å²) in [6, 6.07) is 13.8. The molecule has 3 heterocycles. The molecule has 0 saturated carbocycles. The van der Waals surface area contributed by atoms with E-state index in [1.807, 2.05) is 28.8 Å². The summed E-state index contributed by atoms with van der Waals surface area (Å²) < 4.78 is 1.96. The molecule has 3 aromatic rings. The van der Waals surface area contributed by atoms with E-state index in [2.05, 4.69) is 22.4 Å². The normalized spacial score (nSPS) is 17.1. The van der Waals surface area contributed by atoms with Gasteiger partial charge in [-0.1, -0.05) is 30.3 Å². The number of Topliss-reactive ketones (excluding diaryl/α,β-unsaturated/α-hetero) is 1. The highest BCUT2D eigenvalue weighted by Crippen LogP contribution is 2.30. The average Bonchev–Trinajstić information content (AvgIpc) is 3.13. The van der Waals surface area contributed by atoms with Crippen LogP contribution in [0.1, 0.15) is 23.5 Å². The minimum atomic E-state index is -1.08. The zero-order chi connectivity index (χ0) is 18.1. The third-order valence-corrected chi connectivity index (χ3v) is 4.67. The van der Waals surface area contributed by atoms with E-state index in [9.17, 15) is 14.4 Å². The molecule has 0 bridgehead atoms. The lowest BCUT2D eigenvalue weighted by Crippen LogP contribution is -2.22. The number of aryl methyl sites for hydroxylation is 2. The van der Waals surface area contributed by atoms with Gasteiger partial charge in [-0.3, -0.25) is 19.7 Å². The summed E-state index contributed by atoms with van der Waals surface area (Å²) in [4.78, 5) is 40.1. The molecule has 2 amide bonds. The molecule has 1 saturated heterocycles. The number of ketones is 1. The maximum atomic E-state index is 12.1. The Kier molecular flexibility index (Phi) is 4.08. The number of carbonyl (C=O) groups is 3. The fourth-order valence-electron chi connectivity index (χ4n) is 3.43. The number of imide groups is 1. The van der Waals surface area contributed by atoms with Crippen molar-refractivity contribution in [3.8, 4) is 0 Å². The predicted molar refractivity (Wildman–Crippen MR) is 95.4 cm³/mol. The van der Waals surface area contributed by atoms with Crippen molar-refractivity contribution < 1.29 is 14.4 Å². The number of carbonyl (C=O) groups excluding carboxylic acids is 3. The van der Waals surface area contributed by atoms with Gasteiger partial charge in [0.15, 0.2) is 0 Å². The molecule has 1 unspecified atom stereocenters. The van der Waals surface area contributed by atoms with Gasteiger partial charge in [-0.25, -0.2) is 4.98 Å².